The molecule has 0 saturated carbocycles. The quantitative estimate of drug-likeness (QED) is 0.484. The number of benzene rings is 1. The molecular formula is C14H18N4O. The SMILES string of the molecule is CCCc1nccn1C(C(=O)NN)c1ccccc1. The van der Waals surface area contributed by atoms with Gasteiger partial charge in [0.1, 0.15) is 11.9 Å². The van der Waals surface area contributed by atoms with Crippen LogP contribution in [0.15, 0.2) is 42.7 Å². The lowest BCUT2D eigenvalue weighted by molar-refractivity contribution is -0.123. The lowest BCUT2D eigenvalue weighted by Crippen LogP contribution is -2.38. The van der Waals surface area contributed by atoms with Crippen molar-refractivity contribution in [2.75, 3.05) is 0 Å². The Bertz CT molecular complexity index is 535. The number of amides is 1. The number of hydrogen-bond acceptors (Lipinski definition) is 3. The Morgan fingerprint density at radius 1 is 1.42 bits per heavy atom. The molecule has 2 aromatic rings. The van der Waals surface area contributed by atoms with Crippen molar-refractivity contribution in [2.24, 2.45) is 5.84 Å². The number of carbonyl (C=O) groups is 1. The Labute approximate surface area is 112 Å². The van der Waals surface area contributed by atoms with Crippen LogP contribution in [0, 0.1) is 0 Å². The van der Waals surface area contributed by atoms with Crippen molar-refractivity contribution in [1.82, 2.24) is 15.0 Å². The van der Waals surface area contributed by atoms with Crippen LogP contribution in [-0.4, -0.2) is 15.5 Å². The zero-order valence-corrected chi connectivity index (χ0v) is 10.9. The number of nitrogens with zero attached hydrogens (tertiary/aromatic N) is 2. The number of aromatic nitrogens is 2. The Morgan fingerprint density at radius 2 is 2.16 bits per heavy atom. The summed E-state index contributed by atoms with van der Waals surface area (Å²) in [6, 6.07) is 9.08. The number of imidazole rings is 1. The highest BCUT2D eigenvalue weighted by atomic mass is 16.2. The van der Waals surface area contributed by atoms with Crippen LogP contribution in [0.4, 0.5) is 0 Å². The van der Waals surface area contributed by atoms with E-state index in [1.807, 2.05) is 41.1 Å². The van der Waals surface area contributed by atoms with E-state index in [9.17, 15) is 4.79 Å². The van der Waals surface area contributed by atoms with Crippen LogP contribution < -0.4 is 11.3 Å². The molecule has 0 fully saturated rings. The minimum Gasteiger partial charge on any atom is -0.318 e. The Kier molecular flexibility index (Phi) is 4.30. The maximum Gasteiger partial charge on any atom is 0.261 e. The van der Waals surface area contributed by atoms with Gasteiger partial charge in [-0.15, -0.1) is 0 Å². The first-order valence-corrected chi connectivity index (χ1v) is 6.35. The Morgan fingerprint density at radius 3 is 2.79 bits per heavy atom. The lowest BCUT2D eigenvalue weighted by Gasteiger charge is -2.19. The van der Waals surface area contributed by atoms with Crippen molar-refractivity contribution in [3.8, 4) is 0 Å². The van der Waals surface area contributed by atoms with E-state index in [-0.39, 0.29) is 5.91 Å². The first-order chi connectivity index (χ1) is 9.27. The molecule has 19 heavy (non-hydrogen) atoms. The number of rotatable bonds is 5. The van der Waals surface area contributed by atoms with Crippen LogP contribution in [-0.2, 0) is 11.2 Å². The van der Waals surface area contributed by atoms with Crippen molar-refractivity contribution in [3.63, 3.8) is 0 Å². The average Bonchev–Trinajstić information content (AvgIpc) is 2.89. The molecule has 0 radical (unpaired) electrons. The summed E-state index contributed by atoms with van der Waals surface area (Å²) in [5, 5.41) is 0. The summed E-state index contributed by atoms with van der Waals surface area (Å²) in [6.07, 6.45) is 5.33. The molecule has 0 bridgehead atoms. The van der Waals surface area contributed by atoms with Gasteiger partial charge in [0.2, 0.25) is 0 Å². The van der Waals surface area contributed by atoms with E-state index >= 15 is 0 Å². The number of hydrogen-bond donors (Lipinski definition) is 2. The van der Waals surface area contributed by atoms with Gasteiger partial charge < -0.3 is 4.57 Å². The molecule has 1 amide bonds. The standard InChI is InChI=1S/C14H18N4O/c1-2-6-12-16-9-10-18(12)13(14(19)17-15)11-7-4-3-5-8-11/h3-5,7-10,13H,2,6,15H2,1H3,(H,17,19). The van der Waals surface area contributed by atoms with E-state index < -0.39 is 6.04 Å². The van der Waals surface area contributed by atoms with E-state index in [0.29, 0.717) is 0 Å². The normalized spacial score (nSPS) is 12.1. The van der Waals surface area contributed by atoms with Crippen molar-refractivity contribution < 1.29 is 4.79 Å². The summed E-state index contributed by atoms with van der Waals surface area (Å²) in [7, 11) is 0. The minimum absolute atomic E-state index is 0.249. The van der Waals surface area contributed by atoms with E-state index in [4.69, 9.17) is 5.84 Å². The Hall–Kier alpha value is -2.14. The zero-order valence-electron chi connectivity index (χ0n) is 10.9. The van der Waals surface area contributed by atoms with Crippen LogP contribution in [0.1, 0.15) is 30.8 Å². The molecule has 0 aliphatic carbocycles. The average molecular weight is 258 g/mol. The van der Waals surface area contributed by atoms with E-state index in [1.54, 1.807) is 6.20 Å². The highest BCUT2D eigenvalue weighted by Gasteiger charge is 2.23. The van der Waals surface area contributed by atoms with Crippen LogP contribution in [0.25, 0.3) is 0 Å². The Balaban J connectivity index is 2.43. The molecule has 0 saturated heterocycles. The first kappa shape index (κ1) is 13.3. The van der Waals surface area contributed by atoms with Crippen molar-refractivity contribution in [2.45, 2.75) is 25.8 Å². The van der Waals surface area contributed by atoms with Crippen molar-refractivity contribution >= 4 is 5.91 Å². The molecule has 5 heteroatoms. The molecule has 5 nitrogen and oxygen atoms in total. The van der Waals surface area contributed by atoms with Gasteiger partial charge in [-0.25, -0.2) is 10.8 Å². The van der Waals surface area contributed by atoms with Gasteiger partial charge in [0.25, 0.3) is 5.91 Å². The maximum atomic E-state index is 12.1. The fourth-order valence-electron chi connectivity index (χ4n) is 2.15. The monoisotopic (exact) mass is 258 g/mol. The molecule has 1 aromatic carbocycles. The number of nitrogens with two attached hydrogens (primary N) is 1. The fraction of sp³-hybridized carbons (Fsp3) is 0.286. The van der Waals surface area contributed by atoms with Crippen molar-refractivity contribution in [1.29, 1.82) is 0 Å². The smallest absolute Gasteiger partial charge is 0.261 e. The van der Waals surface area contributed by atoms with Gasteiger partial charge in [-0.2, -0.15) is 0 Å². The number of carbonyl (C=O) groups excluding carboxylic acids is 1. The van der Waals surface area contributed by atoms with Crippen LogP contribution in [0.5, 0.6) is 0 Å². The predicted molar refractivity (Wildman–Crippen MR) is 73.1 cm³/mol. The third kappa shape index (κ3) is 2.82. The molecule has 0 aliphatic heterocycles. The van der Waals surface area contributed by atoms with Crippen LogP contribution in [0.3, 0.4) is 0 Å². The zero-order chi connectivity index (χ0) is 13.7. The van der Waals surface area contributed by atoms with Gasteiger partial charge in [-0.1, -0.05) is 37.3 Å². The number of hydrazine groups is 1. The third-order valence-corrected chi connectivity index (χ3v) is 3.01. The predicted octanol–water partition coefficient (Wildman–Crippen LogP) is 1.41. The summed E-state index contributed by atoms with van der Waals surface area (Å²) < 4.78 is 1.88. The number of nitrogens with one attached hydrogen (secondary N) is 1. The highest BCUT2D eigenvalue weighted by molar-refractivity contribution is 5.83. The highest BCUT2D eigenvalue weighted by Crippen LogP contribution is 2.20. The van der Waals surface area contributed by atoms with E-state index in [0.717, 1.165) is 24.2 Å². The second-order valence-electron chi connectivity index (χ2n) is 4.32. The third-order valence-electron chi connectivity index (χ3n) is 3.01. The molecule has 1 atom stereocenters. The molecular weight excluding hydrogens is 240 g/mol. The molecule has 3 N–H and O–H groups in total. The van der Waals surface area contributed by atoms with Crippen LogP contribution in [0.2, 0.25) is 0 Å². The van der Waals surface area contributed by atoms with Gasteiger partial charge in [0.15, 0.2) is 0 Å². The van der Waals surface area contributed by atoms with Gasteiger partial charge in [0, 0.05) is 18.8 Å². The molecule has 0 aliphatic rings. The lowest BCUT2D eigenvalue weighted by atomic mass is 10.1. The first-order valence-electron chi connectivity index (χ1n) is 6.35. The second kappa shape index (κ2) is 6.15. The van der Waals surface area contributed by atoms with Crippen LogP contribution >= 0.6 is 0 Å². The summed E-state index contributed by atoms with van der Waals surface area (Å²) in [4.78, 5) is 16.4. The maximum absolute atomic E-state index is 12.1. The van der Waals surface area contributed by atoms with E-state index in [2.05, 4.69) is 17.3 Å². The van der Waals surface area contributed by atoms with Gasteiger partial charge in [-0.3, -0.25) is 10.2 Å². The second-order valence-corrected chi connectivity index (χ2v) is 4.32. The molecule has 0 spiro atoms. The largest absolute Gasteiger partial charge is 0.318 e. The molecule has 100 valence electrons. The summed E-state index contributed by atoms with van der Waals surface area (Å²) >= 11 is 0. The summed E-state index contributed by atoms with van der Waals surface area (Å²) in [5.41, 5.74) is 3.12. The molecule has 1 unspecified atom stereocenters. The molecule has 1 heterocycles. The molecule has 2 rings (SSSR count). The fourth-order valence-corrected chi connectivity index (χ4v) is 2.15. The number of aryl methyl sites for hydroxylation is 1. The minimum atomic E-state index is -0.477. The van der Waals surface area contributed by atoms with Gasteiger partial charge >= 0.3 is 0 Å². The van der Waals surface area contributed by atoms with E-state index in [1.165, 1.54) is 0 Å². The van der Waals surface area contributed by atoms with Gasteiger partial charge in [-0.05, 0) is 12.0 Å². The van der Waals surface area contributed by atoms with Gasteiger partial charge in [0.05, 0.1) is 0 Å². The summed E-state index contributed by atoms with van der Waals surface area (Å²) in [6.45, 7) is 2.08. The topological polar surface area (TPSA) is 72.9 Å². The summed E-state index contributed by atoms with van der Waals surface area (Å²) in [5.74, 6) is 5.95. The van der Waals surface area contributed by atoms with Crippen molar-refractivity contribution in [3.05, 3.63) is 54.1 Å². The molecule has 1 aromatic heterocycles.